The Balaban J connectivity index is 1.97. The second kappa shape index (κ2) is 3.34. The van der Waals surface area contributed by atoms with Crippen molar-refractivity contribution in [1.82, 2.24) is 0 Å². The molecule has 0 unspecified atom stereocenters. The highest BCUT2D eigenvalue weighted by molar-refractivity contribution is 5.53. The Kier molecular flexibility index (Phi) is 2.42. The van der Waals surface area contributed by atoms with Crippen LogP contribution in [-0.4, -0.2) is 18.5 Å². The smallest absolute Gasteiger partial charge is 0.123 e. The zero-order valence-corrected chi connectivity index (χ0v) is 9.21. The summed E-state index contributed by atoms with van der Waals surface area (Å²) in [6, 6.07) is 0. The molecule has 0 atom stereocenters. The van der Waals surface area contributed by atoms with E-state index in [1.807, 2.05) is 0 Å². The Labute approximate surface area is 86.0 Å². The maximum absolute atomic E-state index is 10.7. The molecule has 0 N–H and O–H groups in total. The first-order chi connectivity index (χ1) is 6.55. The third-order valence-corrected chi connectivity index (χ3v) is 3.85. The molecule has 0 aromatic heterocycles. The lowest BCUT2D eigenvalue weighted by molar-refractivity contribution is -0.112. The molecule has 1 saturated carbocycles. The summed E-state index contributed by atoms with van der Waals surface area (Å²) in [7, 11) is 0. The van der Waals surface area contributed by atoms with Gasteiger partial charge >= 0.3 is 0 Å². The second-order valence-corrected chi connectivity index (χ2v) is 5.70. The van der Waals surface area contributed by atoms with Crippen molar-refractivity contribution in [2.45, 2.75) is 51.6 Å². The quantitative estimate of drug-likeness (QED) is 0.602. The number of ether oxygens (including phenoxy) is 1. The van der Waals surface area contributed by atoms with Gasteiger partial charge in [0.2, 0.25) is 0 Å². The van der Waals surface area contributed by atoms with E-state index < -0.39 is 0 Å². The van der Waals surface area contributed by atoms with Crippen molar-refractivity contribution in [3.63, 3.8) is 0 Å². The molecule has 1 saturated heterocycles. The summed E-state index contributed by atoms with van der Waals surface area (Å²) in [5, 5.41) is 0. The van der Waals surface area contributed by atoms with E-state index in [-0.39, 0.29) is 5.60 Å². The summed E-state index contributed by atoms with van der Waals surface area (Å²) in [5.74, 6) is 0.323. The molecule has 1 spiro atoms. The fraction of sp³-hybridized carbons (Fsp3) is 0.917. The van der Waals surface area contributed by atoms with Gasteiger partial charge in [-0.05, 0) is 51.4 Å². The summed E-state index contributed by atoms with van der Waals surface area (Å²) in [6.45, 7) is 5.26. The van der Waals surface area contributed by atoms with E-state index in [0.29, 0.717) is 11.3 Å². The first-order valence-electron chi connectivity index (χ1n) is 5.65. The van der Waals surface area contributed by atoms with Gasteiger partial charge in [-0.25, -0.2) is 0 Å². The number of aldehydes is 1. The Morgan fingerprint density at radius 1 is 1.29 bits per heavy atom. The molecule has 2 rings (SSSR count). The van der Waals surface area contributed by atoms with Crippen LogP contribution in [0.15, 0.2) is 0 Å². The van der Waals surface area contributed by atoms with Crippen LogP contribution in [0.3, 0.4) is 0 Å². The minimum Gasteiger partial charge on any atom is -0.375 e. The van der Waals surface area contributed by atoms with Crippen molar-refractivity contribution >= 4 is 6.29 Å². The number of carbonyl (C=O) groups excluding carboxylic acids is 1. The maximum Gasteiger partial charge on any atom is 0.123 e. The van der Waals surface area contributed by atoms with Gasteiger partial charge in [-0.15, -0.1) is 0 Å². The molecule has 1 aliphatic heterocycles. The van der Waals surface area contributed by atoms with Gasteiger partial charge in [-0.2, -0.15) is 0 Å². The summed E-state index contributed by atoms with van der Waals surface area (Å²) >= 11 is 0. The van der Waals surface area contributed by atoms with E-state index in [4.69, 9.17) is 4.74 Å². The second-order valence-electron chi connectivity index (χ2n) is 5.70. The van der Waals surface area contributed by atoms with Crippen molar-refractivity contribution in [2.24, 2.45) is 11.3 Å². The van der Waals surface area contributed by atoms with Gasteiger partial charge in [0, 0.05) is 5.92 Å². The molecule has 0 aromatic carbocycles. The van der Waals surface area contributed by atoms with E-state index in [9.17, 15) is 4.79 Å². The van der Waals surface area contributed by atoms with Crippen LogP contribution in [0.5, 0.6) is 0 Å². The molecule has 1 aliphatic carbocycles. The molecule has 2 heteroatoms. The Morgan fingerprint density at radius 2 is 1.93 bits per heavy atom. The van der Waals surface area contributed by atoms with Crippen LogP contribution in [0, 0.1) is 11.3 Å². The SMILES string of the molecule is CC1(C)C[C@]2(CC[C@H](C=O)CC2)CO1. The van der Waals surface area contributed by atoms with Gasteiger partial charge < -0.3 is 9.53 Å². The first kappa shape index (κ1) is 10.2. The minimum atomic E-state index is 0.0635. The number of rotatable bonds is 1. The van der Waals surface area contributed by atoms with Crippen LogP contribution < -0.4 is 0 Å². The highest BCUT2D eigenvalue weighted by Crippen LogP contribution is 2.49. The lowest BCUT2D eigenvalue weighted by atomic mass is 9.68. The highest BCUT2D eigenvalue weighted by atomic mass is 16.5. The van der Waals surface area contributed by atoms with Crippen molar-refractivity contribution in [2.75, 3.05) is 6.61 Å². The van der Waals surface area contributed by atoms with Gasteiger partial charge in [-0.1, -0.05) is 0 Å². The molecule has 2 nitrogen and oxygen atoms in total. The van der Waals surface area contributed by atoms with Gasteiger partial charge in [0.15, 0.2) is 0 Å². The largest absolute Gasteiger partial charge is 0.375 e. The van der Waals surface area contributed by atoms with Gasteiger partial charge in [0.1, 0.15) is 6.29 Å². The minimum absolute atomic E-state index is 0.0635. The maximum atomic E-state index is 10.7. The predicted molar refractivity (Wildman–Crippen MR) is 55.1 cm³/mol. The van der Waals surface area contributed by atoms with E-state index in [2.05, 4.69) is 13.8 Å². The van der Waals surface area contributed by atoms with Crippen LogP contribution in [0.2, 0.25) is 0 Å². The lowest BCUT2D eigenvalue weighted by Gasteiger charge is -2.34. The van der Waals surface area contributed by atoms with E-state index in [1.165, 1.54) is 19.3 Å². The first-order valence-corrected chi connectivity index (χ1v) is 5.65. The zero-order chi connectivity index (χ0) is 10.2. The summed E-state index contributed by atoms with van der Waals surface area (Å²) < 4.78 is 5.81. The van der Waals surface area contributed by atoms with Gasteiger partial charge in [0.05, 0.1) is 12.2 Å². The molecular formula is C12H20O2. The topological polar surface area (TPSA) is 26.3 Å². The number of hydrogen-bond donors (Lipinski definition) is 0. The summed E-state index contributed by atoms with van der Waals surface area (Å²) in [5.41, 5.74) is 0.469. The van der Waals surface area contributed by atoms with Crippen LogP contribution in [-0.2, 0) is 9.53 Å². The van der Waals surface area contributed by atoms with Crippen LogP contribution in [0.4, 0.5) is 0 Å². The average Bonchev–Trinajstić information content (AvgIpc) is 2.44. The monoisotopic (exact) mass is 196 g/mol. The number of hydrogen-bond acceptors (Lipinski definition) is 2. The highest BCUT2D eigenvalue weighted by Gasteiger charge is 2.45. The zero-order valence-electron chi connectivity index (χ0n) is 9.21. The van der Waals surface area contributed by atoms with Crippen molar-refractivity contribution in [3.05, 3.63) is 0 Å². The average molecular weight is 196 g/mol. The van der Waals surface area contributed by atoms with E-state index >= 15 is 0 Å². The van der Waals surface area contributed by atoms with E-state index in [1.54, 1.807) is 0 Å². The lowest BCUT2D eigenvalue weighted by Crippen LogP contribution is -2.29. The Morgan fingerprint density at radius 3 is 2.36 bits per heavy atom. The standard InChI is InChI=1S/C12H20O2/c1-11(2)8-12(9-14-11)5-3-10(7-13)4-6-12/h7,10H,3-6,8-9H2,1-2H3/t10-,12+. The number of carbonyl (C=O) groups is 1. The fourth-order valence-corrected chi connectivity index (χ4v) is 3.06. The summed E-state index contributed by atoms with van der Waals surface area (Å²) in [4.78, 5) is 10.7. The van der Waals surface area contributed by atoms with Crippen LogP contribution >= 0.6 is 0 Å². The molecule has 2 aliphatic rings. The molecule has 0 amide bonds. The molecule has 0 bridgehead atoms. The third-order valence-electron chi connectivity index (χ3n) is 3.85. The molecule has 1 heterocycles. The predicted octanol–water partition coefficient (Wildman–Crippen LogP) is 2.56. The van der Waals surface area contributed by atoms with Gasteiger partial charge in [0.25, 0.3) is 0 Å². The van der Waals surface area contributed by atoms with Gasteiger partial charge in [-0.3, -0.25) is 0 Å². The van der Waals surface area contributed by atoms with Crippen molar-refractivity contribution in [3.8, 4) is 0 Å². The Bertz CT molecular complexity index is 224. The van der Waals surface area contributed by atoms with Crippen molar-refractivity contribution in [1.29, 1.82) is 0 Å². The molecule has 14 heavy (non-hydrogen) atoms. The molecule has 0 radical (unpaired) electrons. The molecule has 2 fully saturated rings. The van der Waals surface area contributed by atoms with Crippen LogP contribution in [0.25, 0.3) is 0 Å². The molecule has 0 aromatic rings. The van der Waals surface area contributed by atoms with E-state index in [0.717, 1.165) is 25.7 Å². The third kappa shape index (κ3) is 1.85. The molecular weight excluding hydrogens is 176 g/mol. The Hall–Kier alpha value is -0.370. The normalized spacial score (nSPS) is 41.4. The molecule has 80 valence electrons. The fourth-order valence-electron chi connectivity index (χ4n) is 3.06. The summed E-state index contributed by atoms with van der Waals surface area (Å²) in [6.07, 6.45) is 6.81. The van der Waals surface area contributed by atoms with Crippen molar-refractivity contribution < 1.29 is 9.53 Å². The van der Waals surface area contributed by atoms with Crippen LogP contribution in [0.1, 0.15) is 46.0 Å².